The first kappa shape index (κ1) is 14.3. The highest BCUT2D eigenvalue weighted by Crippen LogP contribution is 2.42. The summed E-state index contributed by atoms with van der Waals surface area (Å²) in [5.41, 5.74) is -1.55. The van der Waals surface area contributed by atoms with Gasteiger partial charge in [-0.1, -0.05) is 19.1 Å². The number of aliphatic carboxylic acids is 1. The Morgan fingerprint density at radius 3 is 1.93 bits per heavy atom. The molecule has 0 aromatic carbocycles. The van der Waals surface area contributed by atoms with Crippen LogP contribution in [0.1, 0.15) is 13.3 Å². The Hall–Kier alpha value is -0.680. The molecule has 3 N–H and O–H groups in total. The van der Waals surface area contributed by atoms with Gasteiger partial charge < -0.3 is 14.9 Å². The van der Waals surface area contributed by atoms with Gasteiger partial charge in [-0.3, -0.25) is 9.36 Å². The summed E-state index contributed by atoms with van der Waals surface area (Å²) < 4.78 is 10.3. The Morgan fingerprint density at radius 1 is 1.40 bits per heavy atom. The van der Waals surface area contributed by atoms with Gasteiger partial charge in [-0.05, 0) is 17.2 Å². The van der Waals surface area contributed by atoms with E-state index in [-0.39, 0.29) is 6.42 Å². The molecule has 0 aliphatic rings. The van der Waals surface area contributed by atoms with Crippen LogP contribution in [0, 0.1) is 0 Å². The molecule has 1 aromatic heterocycles. The molecule has 1 aromatic rings. The fraction of sp³-hybridized carbons (Fsp3) is 0.375. The Morgan fingerprint density at radius 2 is 1.87 bits per heavy atom. The van der Waals surface area contributed by atoms with Gasteiger partial charge in [0, 0.05) is 0 Å². The fourth-order valence-electron chi connectivity index (χ4n) is 0.783. The van der Waals surface area contributed by atoms with E-state index in [0.29, 0.717) is 0 Å². The van der Waals surface area contributed by atoms with Gasteiger partial charge in [-0.25, -0.2) is 0 Å². The van der Waals surface area contributed by atoms with E-state index in [1.165, 1.54) is 6.92 Å². The van der Waals surface area contributed by atoms with E-state index in [1.54, 1.807) is 11.3 Å². The average molecular weight is 252 g/mol. The third-order valence-electron chi connectivity index (χ3n) is 1.50. The normalized spacial score (nSPS) is 12.5. The van der Waals surface area contributed by atoms with Gasteiger partial charge in [0.25, 0.3) is 0 Å². The lowest BCUT2D eigenvalue weighted by atomic mass is 10.3. The molecule has 0 aliphatic carbocycles. The highest BCUT2D eigenvalue weighted by molar-refractivity contribution is 7.53. The van der Waals surface area contributed by atoms with Crippen molar-refractivity contribution in [2.24, 2.45) is 0 Å². The van der Waals surface area contributed by atoms with Gasteiger partial charge in [0.05, 0.1) is 0 Å². The number of thiophene rings is 1. The molecule has 1 unspecified atom stereocenters. The van der Waals surface area contributed by atoms with Gasteiger partial charge in [-0.2, -0.15) is 11.3 Å². The van der Waals surface area contributed by atoms with Crippen molar-refractivity contribution in [2.45, 2.75) is 19.0 Å². The van der Waals surface area contributed by atoms with E-state index in [4.69, 9.17) is 14.9 Å². The topological polar surface area (TPSA) is 94.8 Å². The van der Waals surface area contributed by atoms with Crippen LogP contribution in [-0.2, 0) is 9.36 Å². The summed E-state index contributed by atoms with van der Waals surface area (Å²) in [5.74, 6) is -1.45. The maximum Gasteiger partial charge on any atom is 0.339 e. The Balaban J connectivity index is 0.000000322. The van der Waals surface area contributed by atoms with E-state index >= 15 is 0 Å². The van der Waals surface area contributed by atoms with Gasteiger partial charge >= 0.3 is 13.6 Å². The largest absolute Gasteiger partial charge is 0.481 e. The number of hydrogen-bond donors (Lipinski definition) is 3. The molecule has 15 heavy (non-hydrogen) atoms. The lowest BCUT2D eigenvalue weighted by molar-refractivity contribution is -0.136. The second-order valence-corrected chi connectivity index (χ2v) is 5.26. The van der Waals surface area contributed by atoms with Crippen LogP contribution < -0.4 is 0 Å². The first-order valence-electron chi connectivity index (χ1n) is 4.14. The van der Waals surface area contributed by atoms with Crippen LogP contribution in [0.15, 0.2) is 22.9 Å². The first-order chi connectivity index (χ1) is 6.89. The highest BCUT2D eigenvalue weighted by atomic mass is 32.1. The predicted octanol–water partition coefficient (Wildman–Crippen LogP) is 1.78. The second kappa shape index (κ2) is 6.74. The third-order valence-corrected chi connectivity index (χ3v) is 3.53. The van der Waals surface area contributed by atoms with E-state index in [9.17, 15) is 9.36 Å². The van der Waals surface area contributed by atoms with Crippen LogP contribution in [0.2, 0.25) is 0 Å². The van der Waals surface area contributed by atoms with Crippen molar-refractivity contribution in [3.05, 3.63) is 22.9 Å². The monoisotopic (exact) mass is 252 g/mol. The molecule has 0 spiro atoms. The number of carboxylic acids is 1. The van der Waals surface area contributed by atoms with Crippen LogP contribution in [0.3, 0.4) is 0 Å². The molecule has 0 saturated heterocycles. The quantitative estimate of drug-likeness (QED) is 0.713. The van der Waals surface area contributed by atoms with E-state index in [1.807, 2.05) is 22.9 Å². The molecule has 0 radical (unpaired) electrons. The molecule has 7 heteroatoms. The maximum absolute atomic E-state index is 10.3. The zero-order chi connectivity index (χ0) is 11.9. The summed E-state index contributed by atoms with van der Waals surface area (Å²) in [6.07, 6.45) is -0.0559. The Labute approximate surface area is 91.5 Å². The minimum absolute atomic E-state index is 0.0559. The molecule has 1 atom stereocenters. The van der Waals surface area contributed by atoms with Gasteiger partial charge in [0.15, 0.2) is 5.66 Å². The number of rotatable bonds is 3. The molecule has 1 rings (SSSR count). The summed E-state index contributed by atoms with van der Waals surface area (Å²) in [4.78, 5) is 26.8. The van der Waals surface area contributed by atoms with Crippen LogP contribution in [-0.4, -0.2) is 26.5 Å². The van der Waals surface area contributed by atoms with Crippen molar-refractivity contribution in [3.63, 3.8) is 0 Å². The SMILES string of the molecule is CCC(C(=O)O)P(=O)(O)O.c1ccsc1. The average Bonchev–Trinajstić information content (AvgIpc) is 2.57. The molecule has 0 aliphatic heterocycles. The third kappa shape index (κ3) is 6.41. The van der Waals surface area contributed by atoms with Crippen molar-refractivity contribution < 1.29 is 24.3 Å². The predicted molar refractivity (Wildman–Crippen MR) is 58.1 cm³/mol. The van der Waals surface area contributed by atoms with Crippen molar-refractivity contribution in [3.8, 4) is 0 Å². The smallest absolute Gasteiger partial charge is 0.339 e. The highest BCUT2D eigenvalue weighted by Gasteiger charge is 2.33. The summed E-state index contributed by atoms with van der Waals surface area (Å²) >= 11 is 1.71. The standard InChI is InChI=1S/C4H9O5P.C4H4S/c1-2-3(4(5)6)10(7,8)9;1-2-4-5-3-1/h3H,2H2,1H3,(H,5,6)(H2,7,8,9);1-4H. The van der Waals surface area contributed by atoms with E-state index in [2.05, 4.69) is 0 Å². The molecule has 0 bridgehead atoms. The maximum atomic E-state index is 10.3. The molecule has 0 amide bonds. The second-order valence-electron chi connectivity index (χ2n) is 2.64. The molecule has 1 heterocycles. The minimum Gasteiger partial charge on any atom is -0.481 e. The molecule has 86 valence electrons. The summed E-state index contributed by atoms with van der Waals surface area (Å²) in [5, 5.41) is 12.3. The lowest BCUT2D eigenvalue weighted by Crippen LogP contribution is -2.18. The van der Waals surface area contributed by atoms with E-state index in [0.717, 1.165) is 0 Å². The zero-order valence-electron chi connectivity index (χ0n) is 8.11. The van der Waals surface area contributed by atoms with Crippen LogP contribution >= 0.6 is 18.9 Å². The lowest BCUT2D eigenvalue weighted by Gasteiger charge is -2.10. The van der Waals surface area contributed by atoms with Crippen molar-refractivity contribution in [2.75, 3.05) is 0 Å². The fourth-order valence-corrected chi connectivity index (χ4v) is 2.00. The summed E-state index contributed by atoms with van der Waals surface area (Å²) in [6, 6.07) is 4.04. The summed E-state index contributed by atoms with van der Waals surface area (Å²) in [6.45, 7) is 1.41. The van der Waals surface area contributed by atoms with Crippen LogP contribution in [0.25, 0.3) is 0 Å². The number of hydrogen-bond acceptors (Lipinski definition) is 3. The van der Waals surface area contributed by atoms with Gasteiger partial charge in [0.1, 0.15) is 0 Å². The zero-order valence-corrected chi connectivity index (χ0v) is 9.82. The first-order valence-corrected chi connectivity index (χ1v) is 6.77. The Kier molecular flexibility index (Phi) is 6.43. The van der Waals surface area contributed by atoms with E-state index < -0.39 is 19.2 Å². The van der Waals surface area contributed by atoms with Gasteiger partial charge in [-0.15, -0.1) is 0 Å². The van der Waals surface area contributed by atoms with Crippen LogP contribution in [0.4, 0.5) is 0 Å². The van der Waals surface area contributed by atoms with Crippen molar-refractivity contribution in [1.29, 1.82) is 0 Å². The molecular formula is C8H13O5PS. The Bertz CT molecular complexity index is 301. The minimum atomic E-state index is -4.43. The molecule has 0 fully saturated rings. The number of carbonyl (C=O) groups is 1. The molecule has 5 nitrogen and oxygen atoms in total. The van der Waals surface area contributed by atoms with Crippen molar-refractivity contribution >= 4 is 24.9 Å². The van der Waals surface area contributed by atoms with Gasteiger partial charge in [0.2, 0.25) is 0 Å². The number of carboxylic acid groups (broad SMARTS) is 1. The van der Waals surface area contributed by atoms with Crippen LogP contribution in [0.5, 0.6) is 0 Å². The molecule has 0 saturated carbocycles. The summed E-state index contributed by atoms with van der Waals surface area (Å²) in [7, 11) is -4.43. The van der Waals surface area contributed by atoms with Crippen molar-refractivity contribution in [1.82, 2.24) is 0 Å². The molecular weight excluding hydrogens is 239 g/mol.